The molecule has 32 heavy (non-hydrogen) atoms. The highest BCUT2D eigenvalue weighted by Crippen LogP contribution is 2.50. The molecule has 0 aromatic heterocycles. The standard InChI is InChI=1S/C24H25F3N2O3/c25-24(26,27)32-19-7-8-21(29-11-12-30-16-29)20(13-19)18-14-23(31-15-18)9-4-10-28-22(23)17-5-2-1-3-6-17/h1-3,5-8,11-13,18,22,28H,4,9-10,14-16H2/t18-,22-,23+/m0/s1. The summed E-state index contributed by atoms with van der Waals surface area (Å²) in [7, 11) is 0. The van der Waals surface area contributed by atoms with Gasteiger partial charge < -0.3 is 24.4 Å². The second kappa shape index (κ2) is 8.33. The quantitative estimate of drug-likeness (QED) is 0.698. The van der Waals surface area contributed by atoms with Crippen molar-refractivity contribution < 1.29 is 27.4 Å². The molecule has 0 aliphatic carbocycles. The SMILES string of the molecule is FC(F)(F)Oc1ccc(N2C=COC2)c([C@@H]2CO[C@]3(CCCN[C@H]3c3ccccc3)C2)c1. The van der Waals surface area contributed by atoms with Crippen LogP contribution in [0.2, 0.25) is 0 Å². The number of nitrogens with one attached hydrogen (secondary N) is 1. The van der Waals surface area contributed by atoms with Gasteiger partial charge in [0.2, 0.25) is 0 Å². The fourth-order valence-electron chi connectivity index (χ4n) is 5.16. The van der Waals surface area contributed by atoms with Crippen molar-refractivity contribution in [2.75, 3.05) is 24.8 Å². The van der Waals surface area contributed by atoms with E-state index in [1.807, 2.05) is 23.1 Å². The number of ether oxygens (including phenoxy) is 3. The van der Waals surface area contributed by atoms with Crippen LogP contribution in [0.5, 0.6) is 5.75 Å². The van der Waals surface area contributed by atoms with Crippen molar-refractivity contribution in [1.82, 2.24) is 5.32 Å². The number of alkyl halides is 3. The first kappa shape index (κ1) is 21.2. The third kappa shape index (κ3) is 4.17. The van der Waals surface area contributed by atoms with Gasteiger partial charge in [0.25, 0.3) is 0 Å². The minimum Gasteiger partial charge on any atom is -0.479 e. The Labute approximate surface area is 184 Å². The molecule has 3 heterocycles. The molecule has 0 saturated carbocycles. The topological polar surface area (TPSA) is 43.0 Å². The molecule has 0 amide bonds. The van der Waals surface area contributed by atoms with Gasteiger partial charge in [-0.25, -0.2) is 0 Å². The predicted molar refractivity (Wildman–Crippen MR) is 113 cm³/mol. The van der Waals surface area contributed by atoms with Crippen molar-refractivity contribution in [3.8, 4) is 5.75 Å². The van der Waals surface area contributed by atoms with E-state index in [9.17, 15) is 13.2 Å². The Morgan fingerprint density at radius 1 is 1.12 bits per heavy atom. The molecule has 2 aromatic rings. The van der Waals surface area contributed by atoms with E-state index in [0.717, 1.165) is 36.2 Å². The van der Waals surface area contributed by atoms with E-state index in [-0.39, 0.29) is 17.7 Å². The van der Waals surface area contributed by atoms with Crippen molar-refractivity contribution >= 4 is 5.69 Å². The Hall–Kier alpha value is -2.71. The molecular formula is C24H25F3N2O3. The molecule has 2 saturated heterocycles. The van der Waals surface area contributed by atoms with E-state index in [4.69, 9.17) is 9.47 Å². The first-order valence-corrected chi connectivity index (χ1v) is 10.8. The molecule has 0 bridgehead atoms. The molecular weight excluding hydrogens is 421 g/mol. The lowest BCUT2D eigenvalue weighted by molar-refractivity contribution is -0.274. The van der Waals surface area contributed by atoms with Gasteiger partial charge in [-0.15, -0.1) is 13.2 Å². The highest BCUT2D eigenvalue weighted by Gasteiger charge is 2.49. The molecule has 2 aromatic carbocycles. The van der Waals surface area contributed by atoms with Crippen LogP contribution in [0.1, 0.15) is 42.3 Å². The largest absolute Gasteiger partial charge is 0.573 e. The van der Waals surface area contributed by atoms with Gasteiger partial charge in [0.1, 0.15) is 12.0 Å². The summed E-state index contributed by atoms with van der Waals surface area (Å²) in [5, 5.41) is 3.61. The highest BCUT2D eigenvalue weighted by atomic mass is 19.4. The average molecular weight is 446 g/mol. The van der Waals surface area contributed by atoms with Crippen molar-refractivity contribution in [1.29, 1.82) is 0 Å². The first-order valence-electron chi connectivity index (χ1n) is 10.8. The average Bonchev–Trinajstić information content (AvgIpc) is 3.45. The van der Waals surface area contributed by atoms with Gasteiger partial charge in [-0.05, 0) is 55.1 Å². The molecule has 0 radical (unpaired) electrons. The molecule has 3 aliphatic rings. The Balaban J connectivity index is 1.47. The fourth-order valence-corrected chi connectivity index (χ4v) is 5.16. The number of rotatable bonds is 4. The van der Waals surface area contributed by atoms with Gasteiger partial charge in [0.05, 0.1) is 18.2 Å². The number of piperidine rings is 1. The van der Waals surface area contributed by atoms with Crippen LogP contribution in [-0.4, -0.2) is 31.8 Å². The summed E-state index contributed by atoms with van der Waals surface area (Å²) in [5.41, 5.74) is 2.34. The zero-order valence-electron chi connectivity index (χ0n) is 17.5. The third-order valence-corrected chi connectivity index (χ3v) is 6.48. The lowest BCUT2D eigenvalue weighted by Crippen LogP contribution is -2.48. The van der Waals surface area contributed by atoms with Gasteiger partial charge in [0, 0.05) is 17.8 Å². The van der Waals surface area contributed by atoms with Crippen LogP contribution in [0, 0.1) is 0 Å². The van der Waals surface area contributed by atoms with Crippen molar-refractivity contribution in [2.24, 2.45) is 0 Å². The van der Waals surface area contributed by atoms with E-state index in [1.54, 1.807) is 18.5 Å². The van der Waals surface area contributed by atoms with Gasteiger partial charge in [-0.2, -0.15) is 0 Å². The van der Waals surface area contributed by atoms with E-state index in [0.29, 0.717) is 19.8 Å². The molecule has 0 unspecified atom stereocenters. The Morgan fingerprint density at radius 2 is 1.97 bits per heavy atom. The van der Waals surface area contributed by atoms with E-state index in [2.05, 4.69) is 22.2 Å². The molecule has 5 nitrogen and oxygen atoms in total. The van der Waals surface area contributed by atoms with Crippen LogP contribution >= 0.6 is 0 Å². The summed E-state index contributed by atoms with van der Waals surface area (Å²) in [6, 6.07) is 14.7. The van der Waals surface area contributed by atoms with Gasteiger partial charge in [0.15, 0.2) is 6.73 Å². The van der Waals surface area contributed by atoms with E-state index >= 15 is 0 Å². The lowest BCUT2D eigenvalue weighted by Gasteiger charge is -2.41. The monoisotopic (exact) mass is 446 g/mol. The van der Waals surface area contributed by atoms with Crippen LogP contribution in [0.15, 0.2) is 61.0 Å². The summed E-state index contributed by atoms with van der Waals surface area (Å²) in [5.74, 6) is -0.287. The van der Waals surface area contributed by atoms with Crippen molar-refractivity contribution in [2.45, 2.75) is 43.2 Å². The second-order valence-corrected chi connectivity index (χ2v) is 8.50. The van der Waals surface area contributed by atoms with Crippen molar-refractivity contribution in [3.05, 3.63) is 72.1 Å². The minimum absolute atomic E-state index is 0.0375. The molecule has 1 N–H and O–H groups in total. The highest BCUT2D eigenvalue weighted by molar-refractivity contribution is 5.60. The number of halogens is 3. The molecule has 1 spiro atoms. The molecule has 5 rings (SSSR count). The summed E-state index contributed by atoms with van der Waals surface area (Å²) in [6.07, 6.45) is 1.21. The summed E-state index contributed by atoms with van der Waals surface area (Å²) < 4.78 is 54.7. The Kier molecular flexibility index (Phi) is 5.51. The summed E-state index contributed by atoms with van der Waals surface area (Å²) >= 11 is 0. The van der Waals surface area contributed by atoms with Crippen LogP contribution in [0.25, 0.3) is 0 Å². The molecule has 170 valence electrons. The maximum atomic E-state index is 12.9. The molecule has 3 atom stereocenters. The molecule has 3 aliphatic heterocycles. The normalized spacial score (nSPS) is 27.7. The van der Waals surface area contributed by atoms with E-state index in [1.165, 1.54) is 12.1 Å². The maximum Gasteiger partial charge on any atom is 0.573 e. The van der Waals surface area contributed by atoms with Crippen molar-refractivity contribution in [3.63, 3.8) is 0 Å². The fraction of sp³-hybridized carbons (Fsp3) is 0.417. The minimum atomic E-state index is -4.74. The summed E-state index contributed by atoms with van der Waals surface area (Å²) in [6.45, 7) is 1.66. The van der Waals surface area contributed by atoms with Crippen LogP contribution in [-0.2, 0) is 9.47 Å². The van der Waals surface area contributed by atoms with Gasteiger partial charge in [-0.3, -0.25) is 0 Å². The molecule has 2 fully saturated rings. The predicted octanol–water partition coefficient (Wildman–Crippen LogP) is 5.22. The number of nitrogens with zero attached hydrogens (tertiary/aromatic N) is 1. The number of hydrogen-bond donors (Lipinski definition) is 1. The second-order valence-electron chi connectivity index (χ2n) is 8.50. The zero-order chi connectivity index (χ0) is 22.2. The van der Waals surface area contributed by atoms with Gasteiger partial charge >= 0.3 is 6.36 Å². The number of benzene rings is 2. The summed E-state index contributed by atoms with van der Waals surface area (Å²) in [4.78, 5) is 1.88. The van der Waals surface area contributed by atoms with Crippen LogP contribution in [0.3, 0.4) is 0 Å². The van der Waals surface area contributed by atoms with E-state index < -0.39 is 12.0 Å². The molecule has 8 heteroatoms. The van der Waals surface area contributed by atoms with Crippen LogP contribution < -0.4 is 15.0 Å². The number of anilines is 1. The number of hydrogen-bond acceptors (Lipinski definition) is 5. The Morgan fingerprint density at radius 3 is 2.72 bits per heavy atom. The van der Waals surface area contributed by atoms with Crippen LogP contribution in [0.4, 0.5) is 18.9 Å². The maximum absolute atomic E-state index is 12.9. The lowest BCUT2D eigenvalue weighted by atomic mass is 9.76. The smallest absolute Gasteiger partial charge is 0.479 e. The third-order valence-electron chi connectivity index (χ3n) is 6.48. The zero-order valence-corrected chi connectivity index (χ0v) is 17.5. The Bertz CT molecular complexity index is 982. The first-order chi connectivity index (χ1) is 15.4. The van der Waals surface area contributed by atoms with Gasteiger partial charge in [-0.1, -0.05) is 30.3 Å².